The molecule has 47 heavy (non-hydrogen) atoms. The normalized spacial score (nSPS) is 15.6. The fourth-order valence-corrected chi connectivity index (χ4v) is 7.18. The lowest BCUT2D eigenvalue weighted by atomic mass is 9.95. The first-order chi connectivity index (χ1) is 22.9. The quantitative estimate of drug-likeness (QED) is 0.0347. The van der Waals surface area contributed by atoms with Gasteiger partial charge in [-0.3, -0.25) is 14.5 Å². The molecule has 4 aromatic carbocycles. The second kappa shape index (κ2) is 14.8. The minimum atomic E-state index is -0.996. The summed E-state index contributed by atoms with van der Waals surface area (Å²) >= 11 is 8.95. The van der Waals surface area contributed by atoms with E-state index in [4.69, 9.17) is 21.1 Å². The van der Waals surface area contributed by atoms with Gasteiger partial charge in [0.15, 0.2) is 4.34 Å². The van der Waals surface area contributed by atoms with Crippen LogP contribution in [0.4, 0.5) is 5.13 Å². The third kappa shape index (κ3) is 7.35. The van der Waals surface area contributed by atoms with Gasteiger partial charge in [0.25, 0.3) is 5.78 Å². The Morgan fingerprint density at radius 2 is 1.66 bits per heavy atom. The molecule has 6 rings (SSSR count). The van der Waals surface area contributed by atoms with Crippen LogP contribution >= 0.6 is 34.7 Å². The van der Waals surface area contributed by atoms with Crippen molar-refractivity contribution >= 4 is 57.3 Å². The Morgan fingerprint density at radius 3 is 2.43 bits per heavy atom. The molecule has 2 heterocycles. The number of Topliss-reactive ketones (excluding diaryl/α,β-unsaturated/α-hetero) is 1. The summed E-state index contributed by atoms with van der Waals surface area (Å²) < 4.78 is 12.4. The molecule has 1 atom stereocenters. The molecule has 1 saturated heterocycles. The number of anilines is 1. The second-order valence-corrected chi connectivity index (χ2v) is 13.2. The average molecular weight is 684 g/mol. The van der Waals surface area contributed by atoms with Crippen LogP contribution in [0.5, 0.6) is 17.2 Å². The predicted octanol–water partition coefficient (Wildman–Crippen LogP) is 9.08. The van der Waals surface area contributed by atoms with Crippen molar-refractivity contribution in [2.75, 3.05) is 11.5 Å². The van der Waals surface area contributed by atoms with Crippen molar-refractivity contribution in [1.29, 1.82) is 0 Å². The summed E-state index contributed by atoms with van der Waals surface area (Å²) in [6, 6.07) is 29.7. The number of carbonyl (C=O) groups is 2. The summed E-state index contributed by atoms with van der Waals surface area (Å²) in [7, 11) is 0. The van der Waals surface area contributed by atoms with E-state index >= 15 is 0 Å². The Labute approximate surface area is 285 Å². The van der Waals surface area contributed by atoms with Gasteiger partial charge in [-0.1, -0.05) is 96.6 Å². The predicted molar refractivity (Wildman–Crippen MR) is 186 cm³/mol. The molecule has 1 N–H and O–H groups in total. The van der Waals surface area contributed by atoms with Crippen molar-refractivity contribution in [3.05, 3.63) is 130 Å². The van der Waals surface area contributed by atoms with Crippen LogP contribution < -0.4 is 14.4 Å². The van der Waals surface area contributed by atoms with E-state index in [0.717, 1.165) is 18.4 Å². The number of halogens is 1. The number of amides is 1. The van der Waals surface area contributed by atoms with Crippen LogP contribution in [-0.2, 0) is 15.3 Å². The van der Waals surface area contributed by atoms with Crippen LogP contribution in [0.15, 0.2) is 113 Å². The maximum absolute atomic E-state index is 13.7. The van der Waals surface area contributed by atoms with Crippen molar-refractivity contribution in [2.45, 2.75) is 35.9 Å². The molecule has 238 valence electrons. The molecule has 0 saturated carbocycles. The van der Waals surface area contributed by atoms with Gasteiger partial charge >= 0.3 is 5.91 Å². The molecule has 1 amide bonds. The largest absolute Gasteiger partial charge is 0.507 e. The first-order valence-corrected chi connectivity index (χ1v) is 17.2. The van der Waals surface area contributed by atoms with E-state index in [9.17, 15) is 14.7 Å². The molecule has 1 aliphatic heterocycles. The summed E-state index contributed by atoms with van der Waals surface area (Å²) in [6.45, 7) is 2.66. The van der Waals surface area contributed by atoms with Crippen molar-refractivity contribution in [3.63, 3.8) is 0 Å². The molecule has 0 unspecified atom stereocenters. The Kier molecular flexibility index (Phi) is 10.2. The molecule has 0 radical (unpaired) electrons. The van der Waals surface area contributed by atoms with Gasteiger partial charge in [-0.15, -0.1) is 10.2 Å². The van der Waals surface area contributed by atoms with Crippen LogP contribution in [-0.4, -0.2) is 33.6 Å². The fraction of sp³-hybridized carbons (Fsp3) is 0.167. The van der Waals surface area contributed by atoms with Gasteiger partial charge in [0.05, 0.1) is 18.2 Å². The Morgan fingerprint density at radius 1 is 0.915 bits per heavy atom. The van der Waals surface area contributed by atoms with Crippen molar-refractivity contribution < 1.29 is 24.2 Å². The van der Waals surface area contributed by atoms with E-state index in [-0.39, 0.29) is 16.5 Å². The van der Waals surface area contributed by atoms with Crippen molar-refractivity contribution in [3.8, 4) is 17.2 Å². The number of aliphatic hydroxyl groups is 1. The van der Waals surface area contributed by atoms with Gasteiger partial charge in [-0.25, -0.2) is 0 Å². The topological polar surface area (TPSA) is 102 Å². The van der Waals surface area contributed by atoms with E-state index in [1.807, 2.05) is 54.6 Å². The molecule has 0 aliphatic carbocycles. The fourth-order valence-electron chi connectivity index (χ4n) is 5.03. The number of para-hydroxylation sites is 1. The lowest BCUT2D eigenvalue weighted by molar-refractivity contribution is -0.132. The van der Waals surface area contributed by atoms with Gasteiger partial charge in [0.1, 0.15) is 23.0 Å². The number of unbranched alkanes of at least 4 members (excludes halogenated alkanes) is 1. The highest BCUT2D eigenvalue weighted by Gasteiger charge is 2.48. The van der Waals surface area contributed by atoms with Crippen LogP contribution in [0.25, 0.3) is 5.76 Å². The highest BCUT2D eigenvalue weighted by Crippen LogP contribution is 2.45. The number of aliphatic hydroxyl groups excluding tert-OH is 1. The highest BCUT2D eigenvalue weighted by molar-refractivity contribution is 8.00. The van der Waals surface area contributed by atoms with Gasteiger partial charge < -0.3 is 14.6 Å². The standard InChI is InChI=1S/C36H30ClN3O5S2/c1-2-3-20-44-26-18-16-23(17-19-26)32(41)30-31(24-11-9-14-28(21-24)45-27-12-5-4-6-13-27)40(34(43)33(30)42)35-38-39-36(47-35)46-22-25-10-7-8-15-29(25)37/h4-19,21,31,41H,2-3,20,22H2,1H3/t31-/m1/s1. The number of hydrogen-bond donors (Lipinski definition) is 1. The van der Waals surface area contributed by atoms with E-state index < -0.39 is 17.7 Å². The summed E-state index contributed by atoms with van der Waals surface area (Å²) in [6.07, 6.45) is 1.93. The zero-order chi connectivity index (χ0) is 32.8. The van der Waals surface area contributed by atoms with Gasteiger partial charge in [0, 0.05) is 16.3 Å². The summed E-state index contributed by atoms with van der Waals surface area (Å²) in [5.74, 6) is 0.380. The zero-order valence-corrected chi connectivity index (χ0v) is 27.7. The lowest BCUT2D eigenvalue weighted by Crippen LogP contribution is -2.29. The average Bonchev–Trinajstić information content (AvgIpc) is 3.66. The molecule has 1 aromatic heterocycles. The van der Waals surface area contributed by atoms with Crippen LogP contribution in [0, 0.1) is 0 Å². The zero-order valence-electron chi connectivity index (χ0n) is 25.3. The smallest absolute Gasteiger partial charge is 0.301 e. The van der Waals surface area contributed by atoms with E-state index in [0.29, 0.717) is 50.1 Å². The number of carbonyl (C=O) groups excluding carboxylic acids is 2. The number of benzene rings is 4. The van der Waals surface area contributed by atoms with Crippen molar-refractivity contribution in [1.82, 2.24) is 10.2 Å². The number of aromatic nitrogens is 2. The maximum atomic E-state index is 13.7. The van der Waals surface area contributed by atoms with Gasteiger partial charge in [0.2, 0.25) is 5.13 Å². The summed E-state index contributed by atoms with van der Waals surface area (Å²) in [4.78, 5) is 28.8. The minimum Gasteiger partial charge on any atom is -0.507 e. The van der Waals surface area contributed by atoms with Crippen LogP contribution in [0.1, 0.15) is 42.5 Å². The second-order valence-electron chi connectivity index (χ2n) is 10.6. The third-order valence-electron chi connectivity index (χ3n) is 7.40. The molecule has 0 spiro atoms. The molecular formula is C36H30ClN3O5S2. The van der Waals surface area contributed by atoms with E-state index in [1.54, 1.807) is 48.5 Å². The molecule has 1 aliphatic rings. The number of rotatable bonds is 12. The van der Waals surface area contributed by atoms with E-state index in [1.165, 1.54) is 28.0 Å². The Bertz CT molecular complexity index is 1910. The highest BCUT2D eigenvalue weighted by atomic mass is 35.5. The molecule has 11 heteroatoms. The molecule has 5 aromatic rings. The van der Waals surface area contributed by atoms with Crippen LogP contribution in [0.3, 0.4) is 0 Å². The van der Waals surface area contributed by atoms with Gasteiger partial charge in [-0.2, -0.15) is 0 Å². The number of thioether (sulfide) groups is 1. The van der Waals surface area contributed by atoms with Gasteiger partial charge in [-0.05, 0) is 72.1 Å². The Balaban J connectivity index is 1.37. The maximum Gasteiger partial charge on any atom is 0.301 e. The summed E-state index contributed by atoms with van der Waals surface area (Å²) in [5.41, 5.74) is 1.81. The molecule has 8 nitrogen and oxygen atoms in total. The number of nitrogens with zero attached hydrogens (tertiary/aromatic N) is 3. The number of ether oxygens (including phenoxy) is 2. The summed E-state index contributed by atoms with van der Waals surface area (Å²) in [5, 5.41) is 21.1. The van der Waals surface area contributed by atoms with Crippen LogP contribution in [0.2, 0.25) is 5.02 Å². The molecular weight excluding hydrogens is 654 g/mol. The lowest BCUT2D eigenvalue weighted by Gasteiger charge is -2.23. The number of hydrogen-bond acceptors (Lipinski definition) is 9. The molecule has 0 bridgehead atoms. The van der Waals surface area contributed by atoms with Crippen molar-refractivity contribution in [2.24, 2.45) is 0 Å². The number of ketones is 1. The first kappa shape index (κ1) is 32.3. The van der Waals surface area contributed by atoms with E-state index in [2.05, 4.69) is 17.1 Å². The monoisotopic (exact) mass is 683 g/mol. The minimum absolute atomic E-state index is 0.0630. The SMILES string of the molecule is CCCCOc1ccc(C(O)=C2C(=O)C(=O)N(c3nnc(SCc4ccccc4Cl)s3)[C@@H]2c2cccc(Oc3ccccc3)c2)cc1. The molecule has 1 fully saturated rings. The Hall–Kier alpha value is -4.64. The first-order valence-electron chi connectivity index (χ1n) is 15.0. The third-order valence-corrected chi connectivity index (χ3v) is 9.88.